The molecule has 3 aromatic heterocycles. The Morgan fingerprint density at radius 1 is 0.667 bits per heavy atom. The molecule has 0 aliphatic carbocycles. The molecule has 6 aromatic rings. The fourth-order valence-electron chi connectivity index (χ4n) is 3.63. The summed E-state index contributed by atoms with van der Waals surface area (Å²) in [6.07, 6.45) is 1.45. The maximum atomic E-state index is 6.14. The van der Waals surface area contributed by atoms with Gasteiger partial charge in [0.05, 0.1) is 0 Å². The molecule has 0 amide bonds. The summed E-state index contributed by atoms with van der Waals surface area (Å²) < 4.78 is 12.0. The van der Waals surface area contributed by atoms with Gasteiger partial charge in [0.2, 0.25) is 0 Å². The molecular weight excluding hydrogens is 360 g/mol. The quantitative estimate of drug-likeness (QED) is 0.306. The number of rotatable bonds is 1. The van der Waals surface area contributed by atoms with Crippen molar-refractivity contribution in [1.29, 1.82) is 0 Å². The van der Waals surface area contributed by atoms with Gasteiger partial charge < -0.3 is 8.83 Å². The highest BCUT2D eigenvalue weighted by Gasteiger charge is 2.16. The molecule has 0 atom stereocenters. The minimum atomic E-state index is 0.310. The zero-order valence-electron chi connectivity index (χ0n) is 13.9. The van der Waals surface area contributed by atoms with Gasteiger partial charge in [-0.1, -0.05) is 48.0 Å². The van der Waals surface area contributed by atoms with Crippen LogP contribution in [0.3, 0.4) is 0 Å². The molecule has 4 nitrogen and oxygen atoms in total. The van der Waals surface area contributed by atoms with Crippen LogP contribution in [0.1, 0.15) is 0 Å². The molecule has 128 valence electrons. The standard InChI is InChI=1S/C22H11ClN2O2/c23-22-21-20(24-11-25-22)16-9-15-14-7-6-13(12-4-2-1-3-5-12)8-17(14)26-18(15)10-19(16)27-21/h1-11H. The molecule has 0 saturated heterocycles. The van der Waals surface area contributed by atoms with Gasteiger partial charge in [0, 0.05) is 22.2 Å². The van der Waals surface area contributed by atoms with Gasteiger partial charge in [-0.3, -0.25) is 0 Å². The molecule has 0 unspecified atom stereocenters. The normalized spacial score (nSPS) is 11.9. The summed E-state index contributed by atoms with van der Waals surface area (Å²) in [5, 5.41) is 3.29. The molecule has 0 aliphatic rings. The first kappa shape index (κ1) is 14.8. The Labute approximate surface area is 158 Å². The lowest BCUT2D eigenvalue weighted by Crippen LogP contribution is -1.79. The fraction of sp³-hybridized carbons (Fsp3) is 0. The van der Waals surface area contributed by atoms with Crippen LogP contribution in [0.15, 0.2) is 75.8 Å². The van der Waals surface area contributed by atoms with E-state index in [9.17, 15) is 0 Å². The van der Waals surface area contributed by atoms with Crippen LogP contribution in [0.25, 0.3) is 55.1 Å². The number of nitrogens with zero attached hydrogens (tertiary/aromatic N) is 2. The summed E-state index contributed by atoms with van der Waals surface area (Å²) in [4.78, 5) is 8.32. The molecule has 0 saturated carbocycles. The van der Waals surface area contributed by atoms with Gasteiger partial charge in [-0.15, -0.1) is 0 Å². The highest BCUT2D eigenvalue weighted by atomic mass is 35.5. The SMILES string of the molecule is Clc1ncnc2c1oc1cc3oc4cc(-c5ccccc5)ccc4c3cc12. The van der Waals surface area contributed by atoms with Crippen LogP contribution in [0.5, 0.6) is 0 Å². The van der Waals surface area contributed by atoms with E-state index in [4.69, 9.17) is 20.4 Å². The van der Waals surface area contributed by atoms with Crippen molar-refractivity contribution in [1.82, 2.24) is 9.97 Å². The van der Waals surface area contributed by atoms with Crippen molar-refractivity contribution in [3.8, 4) is 11.1 Å². The van der Waals surface area contributed by atoms with E-state index in [-0.39, 0.29) is 0 Å². The number of hydrogen-bond acceptors (Lipinski definition) is 4. The van der Waals surface area contributed by atoms with Crippen molar-refractivity contribution in [3.05, 3.63) is 72.1 Å². The molecule has 3 aromatic carbocycles. The van der Waals surface area contributed by atoms with Crippen LogP contribution < -0.4 is 0 Å². The zero-order chi connectivity index (χ0) is 18.0. The average molecular weight is 371 g/mol. The molecule has 5 heteroatoms. The summed E-state index contributed by atoms with van der Waals surface area (Å²) >= 11 is 6.14. The number of benzene rings is 3. The Bertz CT molecular complexity index is 1480. The molecule has 0 aliphatic heterocycles. The molecule has 0 bridgehead atoms. The lowest BCUT2D eigenvalue weighted by molar-refractivity contribution is 0.654. The van der Waals surface area contributed by atoms with Gasteiger partial charge in [-0.2, -0.15) is 0 Å². The fourth-order valence-corrected chi connectivity index (χ4v) is 3.80. The van der Waals surface area contributed by atoms with E-state index >= 15 is 0 Å². The van der Waals surface area contributed by atoms with E-state index < -0.39 is 0 Å². The third kappa shape index (κ3) is 2.11. The Hall–Kier alpha value is -3.37. The summed E-state index contributed by atoms with van der Waals surface area (Å²) in [6.45, 7) is 0. The third-order valence-corrected chi connectivity index (χ3v) is 5.18. The summed E-state index contributed by atoms with van der Waals surface area (Å²) in [5.41, 5.74) is 5.78. The van der Waals surface area contributed by atoms with Crippen molar-refractivity contribution in [3.63, 3.8) is 0 Å². The van der Waals surface area contributed by atoms with Crippen LogP contribution in [0, 0.1) is 0 Å². The smallest absolute Gasteiger partial charge is 0.191 e. The van der Waals surface area contributed by atoms with Gasteiger partial charge in [0.1, 0.15) is 28.6 Å². The van der Waals surface area contributed by atoms with Crippen LogP contribution in [0.2, 0.25) is 5.15 Å². The molecule has 3 heterocycles. The van der Waals surface area contributed by atoms with Gasteiger partial charge in [0.15, 0.2) is 10.7 Å². The van der Waals surface area contributed by atoms with Gasteiger partial charge in [-0.05, 0) is 29.3 Å². The number of hydrogen-bond donors (Lipinski definition) is 0. The second-order valence-corrected chi connectivity index (χ2v) is 6.83. The minimum Gasteiger partial charge on any atom is -0.456 e. The molecule has 0 spiro atoms. The summed E-state index contributed by atoms with van der Waals surface area (Å²) in [5.74, 6) is 0. The average Bonchev–Trinajstić information content (AvgIpc) is 3.25. The van der Waals surface area contributed by atoms with Crippen molar-refractivity contribution >= 4 is 55.6 Å². The van der Waals surface area contributed by atoms with Gasteiger partial charge >= 0.3 is 0 Å². The minimum absolute atomic E-state index is 0.310. The maximum absolute atomic E-state index is 6.14. The van der Waals surface area contributed by atoms with Crippen molar-refractivity contribution < 1.29 is 8.83 Å². The molecular formula is C22H11ClN2O2. The predicted molar refractivity (Wildman–Crippen MR) is 107 cm³/mol. The Kier molecular flexibility index (Phi) is 2.91. The molecule has 0 N–H and O–H groups in total. The van der Waals surface area contributed by atoms with E-state index in [1.165, 1.54) is 6.33 Å². The van der Waals surface area contributed by atoms with E-state index in [2.05, 4.69) is 40.3 Å². The van der Waals surface area contributed by atoms with Crippen molar-refractivity contribution in [2.75, 3.05) is 0 Å². The van der Waals surface area contributed by atoms with Crippen molar-refractivity contribution in [2.45, 2.75) is 0 Å². The topological polar surface area (TPSA) is 52.1 Å². The monoisotopic (exact) mass is 370 g/mol. The zero-order valence-corrected chi connectivity index (χ0v) is 14.7. The number of halogens is 1. The van der Waals surface area contributed by atoms with E-state index in [0.29, 0.717) is 21.8 Å². The van der Waals surface area contributed by atoms with Gasteiger partial charge in [-0.25, -0.2) is 9.97 Å². The first-order valence-electron chi connectivity index (χ1n) is 8.52. The second-order valence-electron chi connectivity index (χ2n) is 6.47. The van der Waals surface area contributed by atoms with Crippen LogP contribution >= 0.6 is 11.6 Å². The molecule has 6 rings (SSSR count). The molecule has 27 heavy (non-hydrogen) atoms. The summed E-state index contributed by atoms with van der Waals surface area (Å²) in [7, 11) is 0. The van der Waals surface area contributed by atoms with Crippen molar-refractivity contribution in [2.24, 2.45) is 0 Å². The van der Waals surface area contributed by atoms with Crippen LogP contribution in [-0.4, -0.2) is 9.97 Å². The highest BCUT2D eigenvalue weighted by Crippen LogP contribution is 2.38. The van der Waals surface area contributed by atoms with E-state index in [1.807, 2.05) is 30.3 Å². The first-order chi connectivity index (χ1) is 13.3. The summed E-state index contributed by atoms with van der Waals surface area (Å²) in [6, 6.07) is 20.5. The number of furan rings is 2. The second kappa shape index (κ2) is 5.32. The number of aromatic nitrogens is 2. The predicted octanol–water partition coefficient (Wildman–Crippen LogP) is 6.60. The van der Waals surface area contributed by atoms with Gasteiger partial charge in [0.25, 0.3) is 0 Å². The van der Waals surface area contributed by atoms with E-state index in [0.717, 1.165) is 38.5 Å². The lowest BCUT2D eigenvalue weighted by atomic mass is 10.0. The number of fused-ring (bicyclic) bond motifs is 6. The largest absolute Gasteiger partial charge is 0.456 e. The Balaban J connectivity index is 1.65. The maximum Gasteiger partial charge on any atom is 0.191 e. The Morgan fingerprint density at radius 3 is 2.37 bits per heavy atom. The first-order valence-corrected chi connectivity index (χ1v) is 8.90. The van der Waals surface area contributed by atoms with Crippen LogP contribution in [-0.2, 0) is 0 Å². The molecule has 0 fully saturated rings. The van der Waals surface area contributed by atoms with Crippen LogP contribution in [0.4, 0.5) is 0 Å². The Morgan fingerprint density at radius 2 is 1.48 bits per heavy atom. The van der Waals surface area contributed by atoms with E-state index in [1.54, 1.807) is 0 Å². The third-order valence-electron chi connectivity index (χ3n) is 4.91. The highest BCUT2D eigenvalue weighted by molar-refractivity contribution is 6.34. The molecule has 0 radical (unpaired) electrons. The lowest BCUT2D eigenvalue weighted by Gasteiger charge is -2.00.